The highest BCUT2D eigenvalue weighted by molar-refractivity contribution is 6.32. The monoisotopic (exact) mass is 321 g/mol. The van der Waals surface area contributed by atoms with E-state index in [0.717, 1.165) is 5.06 Å². The molecular weight excluding hydrogens is 313 g/mol. The van der Waals surface area contributed by atoms with Crippen molar-refractivity contribution in [3.63, 3.8) is 0 Å². The number of halogens is 2. The molecule has 2 heterocycles. The van der Waals surface area contributed by atoms with Crippen LogP contribution in [0.15, 0.2) is 41.4 Å². The third-order valence-electron chi connectivity index (χ3n) is 2.98. The van der Waals surface area contributed by atoms with Gasteiger partial charge in [-0.2, -0.15) is 0 Å². The van der Waals surface area contributed by atoms with Gasteiger partial charge < -0.3 is 0 Å². The Labute approximate surface area is 129 Å². The van der Waals surface area contributed by atoms with Crippen LogP contribution in [0.4, 0.5) is 0 Å². The standard InChI is InChI=1S/C14H9Cl2N3O2/c15-9-4-2-1-3-8(9)14-13-10(5-6-11(16)18-13)17-12(20)7-19(14)21/h1-6,21H,7H2. The lowest BCUT2D eigenvalue weighted by molar-refractivity contribution is -0.125. The summed E-state index contributed by atoms with van der Waals surface area (Å²) in [5, 5.41) is 12.3. The Morgan fingerprint density at radius 1 is 1.14 bits per heavy atom. The molecule has 1 aliphatic rings. The summed E-state index contributed by atoms with van der Waals surface area (Å²) in [6, 6.07) is 10.1. The summed E-state index contributed by atoms with van der Waals surface area (Å²) in [6.07, 6.45) is 0. The van der Waals surface area contributed by atoms with Crippen LogP contribution in [0.25, 0.3) is 5.70 Å². The predicted molar refractivity (Wildman–Crippen MR) is 77.5 cm³/mol. The van der Waals surface area contributed by atoms with Crippen molar-refractivity contribution in [3.8, 4) is 0 Å². The molecule has 0 bridgehead atoms. The predicted octanol–water partition coefficient (Wildman–Crippen LogP) is 1.40. The molecule has 1 N–H and O–H groups in total. The molecule has 1 aliphatic heterocycles. The lowest BCUT2D eigenvalue weighted by atomic mass is 10.1. The Morgan fingerprint density at radius 2 is 1.90 bits per heavy atom. The van der Waals surface area contributed by atoms with Gasteiger partial charge in [-0.3, -0.25) is 10.0 Å². The Kier molecular flexibility index (Phi) is 3.63. The van der Waals surface area contributed by atoms with E-state index in [-0.39, 0.29) is 11.7 Å². The Bertz CT molecular complexity index is 852. The minimum absolute atomic E-state index is 0.233. The number of nitrogens with zero attached hydrogens (tertiary/aromatic N) is 3. The van der Waals surface area contributed by atoms with Crippen LogP contribution in [0.2, 0.25) is 10.2 Å². The number of rotatable bonds is 1. The van der Waals surface area contributed by atoms with Gasteiger partial charge >= 0.3 is 0 Å². The van der Waals surface area contributed by atoms with Gasteiger partial charge in [0.15, 0.2) is 0 Å². The van der Waals surface area contributed by atoms with Gasteiger partial charge in [-0.1, -0.05) is 41.4 Å². The van der Waals surface area contributed by atoms with Gasteiger partial charge in [-0.05, 0) is 18.2 Å². The average Bonchev–Trinajstić information content (AvgIpc) is 2.55. The number of fused-ring (bicyclic) bond motifs is 1. The third kappa shape index (κ3) is 2.63. The molecule has 5 nitrogen and oxygen atoms in total. The average molecular weight is 322 g/mol. The summed E-state index contributed by atoms with van der Waals surface area (Å²) in [5.74, 6) is -0.482. The molecule has 0 saturated heterocycles. The molecule has 0 unspecified atom stereocenters. The van der Waals surface area contributed by atoms with Crippen LogP contribution in [-0.2, 0) is 4.79 Å². The number of carbonyl (C=O) groups is 1. The highest BCUT2D eigenvalue weighted by atomic mass is 35.5. The molecule has 0 atom stereocenters. The molecule has 3 rings (SSSR count). The van der Waals surface area contributed by atoms with Crippen molar-refractivity contribution in [2.45, 2.75) is 0 Å². The van der Waals surface area contributed by atoms with Crippen LogP contribution < -0.4 is 10.7 Å². The molecule has 0 saturated carbocycles. The molecule has 1 aromatic carbocycles. The van der Waals surface area contributed by atoms with Crippen LogP contribution in [-0.4, -0.2) is 27.7 Å². The number of amides is 1. The highest BCUT2D eigenvalue weighted by Gasteiger charge is 2.20. The summed E-state index contributed by atoms with van der Waals surface area (Å²) in [4.78, 5) is 19.8. The van der Waals surface area contributed by atoms with Crippen molar-refractivity contribution in [1.82, 2.24) is 10.0 Å². The molecule has 7 heteroatoms. The summed E-state index contributed by atoms with van der Waals surface area (Å²) in [6.45, 7) is -0.283. The third-order valence-corrected chi connectivity index (χ3v) is 3.52. The summed E-state index contributed by atoms with van der Waals surface area (Å²) in [7, 11) is 0. The quantitative estimate of drug-likeness (QED) is 0.806. The fourth-order valence-electron chi connectivity index (χ4n) is 2.11. The number of hydroxylamine groups is 2. The van der Waals surface area contributed by atoms with E-state index in [9.17, 15) is 10.0 Å². The van der Waals surface area contributed by atoms with Gasteiger partial charge in [0.05, 0.1) is 10.4 Å². The molecule has 21 heavy (non-hydrogen) atoms. The highest BCUT2D eigenvalue weighted by Crippen LogP contribution is 2.23. The smallest absolute Gasteiger partial charge is 0.268 e. The van der Waals surface area contributed by atoms with E-state index < -0.39 is 5.91 Å². The van der Waals surface area contributed by atoms with E-state index in [1.165, 1.54) is 6.07 Å². The van der Waals surface area contributed by atoms with Crippen LogP contribution in [0.1, 0.15) is 5.56 Å². The largest absolute Gasteiger partial charge is 0.288 e. The van der Waals surface area contributed by atoms with E-state index in [4.69, 9.17) is 23.2 Å². The van der Waals surface area contributed by atoms with E-state index in [1.807, 2.05) is 0 Å². The molecule has 2 aromatic rings. The second-order valence-corrected chi connectivity index (χ2v) is 5.19. The molecule has 0 spiro atoms. The number of hydrogen-bond donors (Lipinski definition) is 1. The molecule has 0 aliphatic carbocycles. The van der Waals surface area contributed by atoms with Crippen molar-refractivity contribution in [2.24, 2.45) is 4.99 Å². The lowest BCUT2D eigenvalue weighted by Crippen LogP contribution is -2.34. The zero-order valence-electron chi connectivity index (χ0n) is 10.6. The maximum Gasteiger partial charge on any atom is 0.268 e. The lowest BCUT2D eigenvalue weighted by Gasteiger charge is -2.18. The van der Waals surface area contributed by atoms with Gasteiger partial charge in [0, 0.05) is 5.56 Å². The van der Waals surface area contributed by atoms with Gasteiger partial charge in [-0.25, -0.2) is 15.0 Å². The zero-order chi connectivity index (χ0) is 15.0. The fourth-order valence-corrected chi connectivity index (χ4v) is 2.48. The minimum atomic E-state index is -0.482. The molecular formula is C14H9Cl2N3O2. The van der Waals surface area contributed by atoms with Crippen LogP contribution in [0.3, 0.4) is 0 Å². The number of pyridine rings is 1. The minimum Gasteiger partial charge on any atom is -0.288 e. The molecule has 1 amide bonds. The SMILES string of the molecule is O=C1CN(O)C(c2ccccc2Cl)=c2nc(Cl)ccc2=N1. The van der Waals surface area contributed by atoms with Crippen molar-refractivity contribution < 1.29 is 10.0 Å². The first-order valence-corrected chi connectivity index (χ1v) is 6.81. The van der Waals surface area contributed by atoms with Gasteiger partial charge in [0.2, 0.25) is 0 Å². The van der Waals surface area contributed by atoms with E-state index in [2.05, 4.69) is 9.98 Å². The van der Waals surface area contributed by atoms with Crippen LogP contribution >= 0.6 is 23.2 Å². The maximum absolute atomic E-state index is 11.7. The number of carbonyl (C=O) groups excluding carboxylic acids is 1. The first kappa shape index (κ1) is 14.0. The second kappa shape index (κ2) is 5.44. The molecule has 0 radical (unpaired) electrons. The van der Waals surface area contributed by atoms with Gasteiger partial charge in [-0.15, -0.1) is 0 Å². The molecule has 106 valence electrons. The fraction of sp³-hybridized carbons (Fsp3) is 0.0714. The van der Waals surface area contributed by atoms with E-state index >= 15 is 0 Å². The van der Waals surface area contributed by atoms with E-state index in [1.54, 1.807) is 30.3 Å². The van der Waals surface area contributed by atoms with Crippen LogP contribution in [0.5, 0.6) is 0 Å². The summed E-state index contributed by atoms with van der Waals surface area (Å²) < 4.78 is 0. The number of aromatic nitrogens is 1. The van der Waals surface area contributed by atoms with Gasteiger partial charge in [0.25, 0.3) is 5.91 Å². The number of hydrogen-bond acceptors (Lipinski definition) is 4. The first-order valence-electron chi connectivity index (χ1n) is 6.06. The summed E-state index contributed by atoms with van der Waals surface area (Å²) >= 11 is 12.1. The zero-order valence-corrected chi connectivity index (χ0v) is 12.1. The van der Waals surface area contributed by atoms with Gasteiger partial charge in [0.1, 0.15) is 22.7 Å². The normalized spacial score (nSPS) is 14.5. The summed E-state index contributed by atoms with van der Waals surface area (Å²) in [5.41, 5.74) is 0.843. The molecule has 0 fully saturated rings. The van der Waals surface area contributed by atoms with Crippen molar-refractivity contribution in [3.05, 3.63) is 62.8 Å². The van der Waals surface area contributed by atoms with Crippen molar-refractivity contribution >= 4 is 34.8 Å². The second-order valence-electron chi connectivity index (χ2n) is 4.39. The Hall–Kier alpha value is -1.95. The van der Waals surface area contributed by atoms with E-state index in [0.29, 0.717) is 27.0 Å². The van der Waals surface area contributed by atoms with Crippen molar-refractivity contribution in [2.75, 3.05) is 6.54 Å². The Balaban J connectivity index is 2.46. The topological polar surface area (TPSA) is 65.8 Å². The Morgan fingerprint density at radius 3 is 2.67 bits per heavy atom. The first-order chi connectivity index (χ1) is 10.1. The van der Waals surface area contributed by atoms with Crippen molar-refractivity contribution in [1.29, 1.82) is 0 Å². The number of benzene rings is 1. The van der Waals surface area contributed by atoms with Crippen LogP contribution in [0, 0.1) is 0 Å². The molecule has 1 aromatic heterocycles. The maximum atomic E-state index is 11.7.